The van der Waals surface area contributed by atoms with Gasteiger partial charge in [0, 0.05) is 12.8 Å². The Morgan fingerprint density at radius 2 is 1.24 bits per heavy atom. The number of halogens is 2. The summed E-state index contributed by atoms with van der Waals surface area (Å²) >= 11 is 0. The van der Waals surface area contributed by atoms with Gasteiger partial charge in [0.15, 0.2) is 18.0 Å². The second-order valence-corrected chi connectivity index (χ2v) is 8.28. The van der Waals surface area contributed by atoms with E-state index in [4.69, 9.17) is 18.9 Å². The summed E-state index contributed by atoms with van der Waals surface area (Å²) in [5, 5.41) is 0. The molecule has 0 saturated heterocycles. The standard InChI is InChI=1S/C13H16F2O2.C13H16O3/c1-16-10-5-7-11(8-6-10)17-12-4-2-3-9-13(12,14)15;1-15-10-6-8-11(9-7-10)16-13-5-3-2-4-12(13)14/h5-8,12H,2-4,9H2,1H3;6-9,13H,2-5H2,1H3. The number of ketones is 1. The molecule has 0 aliphatic heterocycles. The van der Waals surface area contributed by atoms with Crippen molar-refractivity contribution < 1.29 is 32.5 Å². The third-order valence-electron chi connectivity index (χ3n) is 5.87. The van der Waals surface area contributed by atoms with Gasteiger partial charge in [0.05, 0.1) is 14.2 Å². The molecule has 33 heavy (non-hydrogen) atoms. The van der Waals surface area contributed by atoms with E-state index in [0.717, 1.165) is 37.2 Å². The largest absolute Gasteiger partial charge is 0.497 e. The number of rotatable bonds is 6. The Morgan fingerprint density at radius 3 is 1.76 bits per heavy atom. The van der Waals surface area contributed by atoms with Crippen LogP contribution in [-0.4, -0.2) is 38.1 Å². The van der Waals surface area contributed by atoms with Crippen molar-refractivity contribution in [1.29, 1.82) is 0 Å². The van der Waals surface area contributed by atoms with E-state index in [9.17, 15) is 13.6 Å². The molecule has 0 spiro atoms. The van der Waals surface area contributed by atoms with Crippen LogP contribution in [0.1, 0.15) is 51.4 Å². The highest BCUT2D eigenvalue weighted by Crippen LogP contribution is 2.36. The van der Waals surface area contributed by atoms with Gasteiger partial charge in [-0.15, -0.1) is 0 Å². The van der Waals surface area contributed by atoms with E-state index in [-0.39, 0.29) is 18.3 Å². The van der Waals surface area contributed by atoms with E-state index in [1.807, 2.05) is 24.3 Å². The number of alkyl halides is 2. The van der Waals surface area contributed by atoms with Crippen LogP contribution in [0.25, 0.3) is 0 Å². The third kappa shape index (κ3) is 7.34. The van der Waals surface area contributed by atoms with Crippen molar-refractivity contribution in [2.75, 3.05) is 14.2 Å². The van der Waals surface area contributed by atoms with Crippen LogP contribution in [0.2, 0.25) is 0 Å². The smallest absolute Gasteiger partial charge is 0.284 e. The number of hydrogen-bond donors (Lipinski definition) is 0. The SMILES string of the molecule is COc1ccc(OC2CCCCC2(F)F)cc1.COc1ccc(OC2CCCCC2=O)cc1. The van der Waals surface area contributed by atoms with E-state index in [0.29, 0.717) is 30.8 Å². The Morgan fingerprint density at radius 1 is 0.727 bits per heavy atom. The molecule has 2 fully saturated rings. The summed E-state index contributed by atoms with van der Waals surface area (Å²) in [6, 6.07) is 14.1. The first-order valence-corrected chi connectivity index (χ1v) is 11.4. The minimum atomic E-state index is -2.71. The number of carbonyl (C=O) groups excluding carboxylic acids is 1. The van der Waals surface area contributed by atoms with E-state index in [2.05, 4.69) is 0 Å². The summed E-state index contributed by atoms with van der Waals surface area (Å²) in [7, 11) is 3.19. The lowest BCUT2D eigenvalue weighted by atomic mass is 9.94. The van der Waals surface area contributed by atoms with E-state index in [1.54, 1.807) is 38.5 Å². The summed E-state index contributed by atoms with van der Waals surface area (Å²) in [5.41, 5.74) is 0. The molecule has 2 saturated carbocycles. The molecule has 2 aromatic rings. The lowest BCUT2D eigenvalue weighted by molar-refractivity contribution is -0.127. The van der Waals surface area contributed by atoms with Crippen LogP contribution in [0.5, 0.6) is 23.0 Å². The summed E-state index contributed by atoms with van der Waals surface area (Å²) in [6.45, 7) is 0. The summed E-state index contributed by atoms with van der Waals surface area (Å²) in [4.78, 5) is 11.6. The molecular formula is C26H32F2O5. The fourth-order valence-electron chi connectivity index (χ4n) is 3.92. The van der Waals surface area contributed by atoms with Crippen LogP contribution in [-0.2, 0) is 4.79 Å². The van der Waals surface area contributed by atoms with Crippen molar-refractivity contribution in [3.63, 3.8) is 0 Å². The Labute approximate surface area is 194 Å². The van der Waals surface area contributed by atoms with E-state index >= 15 is 0 Å². The van der Waals surface area contributed by atoms with E-state index in [1.165, 1.54) is 0 Å². The molecule has 2 atom stereocenters. The molecule has 2 aromatic carbocycles. The molecule has 180 valence electrons. The predicted molar refractivity (Wildman–Crippen MR) is 122 cm³/mol. The van der Waals surface area contributed by atoms with Gasteiger partial charge in [-0.1, -0.05) is 0 Å². The first kappa shape index (κ1) is 24.8. The Kier molecular flexibility index (Phi) is 8.92. The molecule has 7 heteroatoms. The molecule has 5 nitrogen and oxygen atoms in total. The highest BCUT2D eigenvalue weighted by atomic mass is 19.3. The highest BCUT2D eigenvalue weighted by molar-refractivity contribution is 5.84. The lowest BCUT2D eigenvalue weighted by Gasteiger charge is -2.31. The number of hydrogen-bond acceptors (Lipinski definition) is 5. The van der Waals surface area contributed by atoms with Gasteiger partial charge in [-0.25, -0.2) is 8.78 Å². The maximum atomic E-state index is 13.6. The van der Waals surface area contributed by atoms with Crippen LogP contribution >= 0.6 is 0 Å². The Hall–Kier alpha value is -2.83. The van der Waals surface area contributed by atoms with Crippen molar-refractivity contribution in [3.05, 3.63) is 48.5 Å². The molecule has 0 aromatic heterocycles. The van der Waals surface area contributed by atoms with Crippen LogP contribution < -0.4 is 18.9 Å². The van der Waals surface area contributed by atoms with Crippen LogP contribution in [0.15, 0.2) is 48.5 Å². The molecule has 0 radical (unpaired) electrons. The fourth-order valence-corrected chi connectivity index (χ4v) is 3.92. The molecule has 2 aliphatic rings. The summed E-state index contributed by atoms with van der Waals surface area (Å²) in [6.07, 6.45) is 4.05. The Balaban J connectivity index is 0.000000186. The van der Waals surface area contributed by atoms with Gasteiger partial charge in [-0.2, -0.15) is 0 Å². The number of benzene rings is 2. The monoisotopic (exact) mass is 462 g/mol. The van der Waals surface area contributed by atoms with Gasteiger partial charge in [-0.3, -0.25) is 4.79 Å². The summed E-state index contributed by atoms with van der Waals surface area (Å²) < 4.78 is 48.2. The molecule has 2 unspecified atom stereocenters. The normalized spacial score (nSPS) is 21.9. The second-order valence-electron chi connectivity index (χ2n) is 8.28. The molecule has 4 rings (SSSR count). The zero-order valence-electron chi connectivity index (χ0n) is 19.2. The molecule has 0 bridgehead atoms. The van der Waals surface area contributed by atoms with Crippen molar-refractivity contribution >= 4 is 5.78 Å². The highest BCUT2D eigenvalue weighted by Gasteiger charge is 2.43. The average Bonchev–Trinajstić information content (AvgIpc) is 2.83. The summed E-state index contributed by atoms with van der Waals surface area (Å²) in [5.74, 6) is 0.202. The number of Topliss-reactive ketones (excluding diaryl/α,β-unsaturated/α-hetero) is 1. The molecule has 0 heterocycles. The second kappa shape index (κ2) is 11.9. The zero-order chi connectivity index (χ0) is 23.7. The van der Waals surface area contributed by atoms with Gasteiger partial charge in [0.2, 0.25) is 0 Å². The van der Waals surface area contributed by atoms with Crippen molar-refractivity contribution in [3.8, 4) is 23.0 Å². The van der Waals surface area contributed by atoms with Gasteiger partial charge in [0.1, 0.15) is 23.0 Å². The zero-order valence-corrected chi connectivity index (χ0v) is 19.2. The maximum absolute atomic E-state index is 13.6. The number of ether oxygens (including phenoxy) is 4. The quantitative estimate of drug-likeness (QED) is 0.509. The van der Waals surface area contributed by atoms with E-state index < -0.39 is 12.0 Å². The van der Waals surface area contributed by atoms with Crippen molar-refractivity contribution in [2.45, 2.75) is 69.5 Å². The predicted octanol–water partition coefficient (Wildman–Crippen LogP) is 6.24. The fraction of sp³-hybridized carbons (Fsp3) is 0.500. The minimum Gasteiger partial charge on any atom is -0.497 e. The molecular weight excluding hydrogens is 430 g/mol. The number of methoxy groups -OCH3 is 2. The maximum Gasteiger partial charge on any atom is 0.284 e. The average molecular weight is 463 g/mol. The lowest BCUT2D eigenvalue weighted by Crippen LogP contribution is -2.40. The van der Waals surface area contributed by atoms with Gasteiger partial charge >= 0.3 is 0 Å². The first-order chi connectivity index (χ1) is 15.9. The van der Waals surface area contributed by atoms with Gasteiger partial charge < -0.3 is 18.9 Å². The van der Waals surface area contributed by atoms with Crippen molar-refractivity contribution in [2.24, 2.45) is 0 Å². The molecule has 2 aliphatic carbocycles. The number of carbonyl (C=O) groups is 1. The van der Waals surface area contributed by atoms with Crippen LogP contribution in [0.4, 0.5) is 8.78 Å². The van der Waals surface area contributed by atoms with Gasteiger partial charge in [0.25, 0.3) is 5.92 Å². The molecule has 0 N–H and O–H groups in total. The van der Waals surface area contributed by atoms with Gasteiger partial charge in [-0.05, 0) is 87.1 Å². The van der Waals surface area contributed by atoms with Crippen molar-refractivity contribution in [1.82, 2.24) is 0 Å². The first-order valence-electron chi connectivity index (χ1n) is 11.4. The Bertz CT molecular complexity index is 867. The third-order valence-corrected chi connectivity index (χ3v) is 5.87. The van der Waals surface area contributed by atoms with Crippen LogP contribution in [0, 0.1) is 0 Å². The minimum absolute atomic E-state index is 0.0756. The topological polar surface area (TPSA) is 54.0 Å². The van der Waals surface area contributed by atoms with Crippen LogP contribution in [0.3, 0.4) is 0 Å². The molecule has 0 amide bonds.